The zero-order valence-corrected chi connectivity index (χ0v) is 16.8. The predicted molar refractivity (Wildman–Crippen MR) is 104 cm³/mol. The second-order valence-electron chi connectivity index (χ2n) is 5.86. The van der Waals surface area contributed by atoms with Crippen LogP contribution < -0.4 is 5.32 Å². The molecule has 6 nitrogen and oxygen atoms in total. The Morgan fingerprint density at radius 3 is 2.15 bits per heavy atom. The Labute approximate surface area is 156 Å². The van der Waals surface area contributed by atoms with Crippen LogP contribution in [0.2, 0.25) is 0 Å². The number of phenolic OH excluding ortho intramolecular Hbond substituents is 1. The summed E-state index contributed by atoms with van der Waals surface area (Å²) in [5.74, 6) is -0.885. The highest BCUT2D eigenvalue weighted by atomic mass is 16.6. The Kier molecular flexibility index (Phi) is 12.5. The van der Waals surface area contributed by atoms with E-state index in [9.17, 15) is 19.5 Å². The van der Waals surface area contributed by atoms with Crippen molar-refractivity contribution in [2.45, 2.75) is 54.1 Å². The van der Waals surface area contributed by atoms with E-state index in [-0.39, 0.29) is 40.1 Å². The second kappa shape index (κ2) is 12.7. The van der Waals surface area contributed by atoms with Crippen LogP contribution in [0.3, 0.4) is 0 Å². The number of phenols is 1. The molecule has 0 heterocycles. The minimum atomic E-state index is -0.390. The maximum Gasteiger partial charge on any atom is 0.407 e. The molecule has 0 unspecified atom stereocenters. The van der Waals surface area contributed by atoms with Gasteiger partial charge in [-0.15, -0.1) is 0 Å². The molecule has 0 aliphatic carbocycles. The third kappa shape index (κ3) is 10.3. The molecule has 0 fully saturated rings. The van der Waals surface area contributed by atoms with Crippen molar-refractivity contribution in [1.29, 1.82) is 0 Å². The fraction of sp³-hybridized carbons (Fsp3) is 0.450. The molecule has 0 radical (unpaired) electrons. The molecule has 1 rings (SSSR count). The number of nitrogens with one attached hydrogen (secondary N) is 1. The van der Waals surface area contributed by atoms with Gasteiger partial charge >= 0.3 is 6.09 Å². The van der Waals surface area contributed by atoms with Crippen molar-refractivity contribution in [2.75, 3.05) is 6.54 Å². The van der Waals surface area contributed by atoms with Crippen molar-refractivity contribution in [2.24, 2.45) is 0 Å². The van der Waals surface area contributed by atoms with Crippen molar-refractivity contribution >= 4 is 17.7 Å². The lowest BCUT2D eigenvalue weighted by Gasteiger charge is -2.19. The van der Waals surface area contributed by atoms with Gasteiger partial charge in [0.25, 0.3) is 0 Å². The van der Waals surface area contributed by atoms with Crippen molar-refractivity contribution < 1.29 is 24.2 Å². The molecule has 1 aromatic carbocycles. The van der Waals surface area contributed by atoms with E-state index < -0.39 is 0 Å². The third-order valence-corrected chi connectivity index (χ3v) is 2.57. The number of carbonyl (C=O) groups is 3. The average Bonchev–Trinajstić information content (AvgIpc) is 2.54. The molecular weight excluding hydrogens is 334 g/mol. The fourth-order valence-electron chi connectivity index (χ4n) is 1.68. The Morgan fingerprint density at radius 2 is 1.77 bits per heavy atom. The van der Waals surface area contributed by atoms with Gasteiger partial charge in [0, 0.05) is 12.1 Å². The lowest BCUT2D eigenvalue weighted by atomic mass is 10.00. The number of benzene rings is 1. The van der Waals surface area contributed by atoms with Gasteiger partial charge in [-0.05, 0) is 46.8 Å². The molecule has 1 amide bonds. The fourth-order valence-corrected chi connectivity index (χ4v) is 1.68. The summed E-state index contributed by atoms with van der Waals surface area (Å²) in [6.07, 6.45) is 0.760. The number of amides is 1. The number of allylic oxidation sites excluding steroid dienone is 1. The number of ether oxygens (including phenoxy) is 1. The van der Waals surface area contributed by atoms with Crippen molar-refractivity contribution in [1.82, 2.24) is 5.32 Å². The van der Waals surface area contributed by atoms with Gasteiger partial charge in [0.05, 0.1) is 5.56 Å². The first-order chi connectivity index (χ1) is 12.0. The molecular formula is C20H31NO5. The molecule has 26 heavy (non-hydrogen) atoms. The molecule has 0 aromatic heterocycles. The maximum atomic E-state index is 11.3. The molecule has 0 saturated carbocycles. The Balaban J connectivity index is 0. The number of aromatic hydroxyl groups is 1. The lowest BCUT2D eigenvalue weighted by molar-refractivity contribution is 0.0530. The predicted octanol–water partition coefficient (Wildman–Crippen LogP) is 4.52. The standard InChI is InChI=1S/C11H10O3.C7H15NO2.C2H6/c1-3-9(13)8-5-4-6-10(14)11(8)7(2)12;1-5-8-6(9)10-7(2,3)4;1-2/h3-6,14H,1H2,2H3;5H2,1-4H3,(H,8,9);1-2H3. The maximum absolute atomic E-state index is 11.3. The first-order valence-corrected chi connectivity index (χ1v) is 8.50. The second-order valence-corrected chi connectivity index (χ2v) is 5.86. The highest BCUT2D eigenvalue weighted by Gasteiger charge is 2.16. The molecule has 6 heteroatoms. The van der Waals surface area contributed by atoms with Crippen LogP contribution in [0.4, 0.5) is 4.79 Å². The highest BCUT2D eigenvalue weighted by Crippen LogP contribution is 2.22. The van der Waals surface area contributed by atoms with Crippen LogP contribution in [0.15, 0.2) is 30.9 Å². The first-order valence-electron chi connectivity index (χ1n) is 8.50. The molecule has 1 aromatic rings. The molecule has 0 aliphatic heterocycles. The molecule has 2 N–H and O–H groups in total. The number of carbonyl (C=O) groups excluding carboxylic acids is 3. The van der Waals surface area contributed by atoms with E-state index in [0.29, 0.717) is 6.54 Å². The number of hydrogen-bond donors (Lipinski definition) is 2. The number of rotatable bonds is 4. The summed E-state index contributed by atoms with van der Waals surface area (Å²) < 4.78 is 4.93. The first kappa shape index (κ1) is 25.6. The topological polar surface area (TPSA) is 92.7 Å². The van der Waals surface area contributed by atoms with Gasteiger partial charge < -0.3 is 15.2 Å². The summed E-state index contributed by atoms with van der Waals surface area (Å²) in [6.45, 7) is 16.6. The minimum absolute atomic E-state index is 0.0531. The van der Waals surface area contributed by atoms with Crippen LogP contribution in [0.25, 0.3) is 0 Å². The van der Waals surface area contributed by atoms with Gasteiger partial charge in [0.1, 0.15) is 11.4 Å². The van der Waals surface area contributed by atoms with Crippen molar-refractivity contribution in [3.8, 4) is 5.75 Å². The normalized spacial score (nSPS) is 9.50. The summed E-state index contributed by atoms with van der Waals surface area (Å²) in [5, 5.41) is 11.9. The number of alkyl carbamates (subject to hydrolysis) is 1. The summed E-state index contributed by atoms with van der Waals surface area (Å²) in [4.78, 5) is 33.2. The minimum Gasteiger partial charge on any atom is -0.507 e. The number of Topliss-reactive ketones (excluding diaryl/α,β-unsaturated/α-hetero) is 1. The van der Waals surface area contributed by atoms with E-state index in [1.54, 1.807) is 0 Å². The van der Waals surface area contributed by atoms with Crippen molar-refractivity contribution in [3.63, 3.8) is 0 Å². The van der Waals surface area contributed by atoms with Gasteiger partial charge in [0.15, 0.2) is 11.6 Å². The van der Waals surface area contributed by atoms with Crippen LogP contribution in [0.1, 0.15) is 69.2 Å². The SMILES string of the molecule is C=CC(=O)c1cccc(O)c1C(C)=O.CC.CCNC(=O)OC(C)(C)C. The lowest BCUT2D eigenvalue weighted by Crippen LogP contribution is -2.32. The van der Waals surface area contributed by atoms with E-state index in [2.05, 4.69) is 11.9 Å². The quantitative estimate of drug-likeness (QED) is 0.604. The van der Waals surface area contributed by atoms with Crippen LogP contribution in [0, 0.1) is 0 Å². The summed E-state index contributed by atoms with van der Waals surface area (Å²) in [5.41, 5.74) is -0.149. The van der Waals surface area contributed by atoms with Gasteiger partial charge in [-0.2, -0.15) is 0 Å². The molecule has 0 atom stereocenters. The molecule has 0 bridgehead atoms. The molecule has 0 aliphatic rings. The third-order valence-electron chi connectivity index (χ3n) is 2.57. The van der Waals surface area contributed by atoms with Gasteiger partial charge in [0.2, 0.25) is 0 Å². The zero-order valence-electron chi connectivity index (χ0n) is 16.8. The Morgan fingerprint density at radius 1 is 1.23 bits per heavy atom. The summed E-state index contributed by atoms with van der Waals surface area (Å²) in [6, 6.07) is 4.37. The largest absolute Gasteiger partial charge is 0.507 e. The van der Waals surface area contributed by atoms with Crippen LogP contribution in [-0.2, 0) is 4.74 Å². The van der Waals surface area contributed by atoms with E-state index in [1.807, 2.05) is 41.5 Å². The van der Waals surface area contributed by atoms with E-state index in [0.717, 1.165) is 6.08 Å². The highest BCUT2D eigenvalue weighted by molar-refractivity contribution is 6.13. The zero-order chi connectivity index (χ0) is 20.9. The molecule has 146 valence electrons. The van der Waals surface area contributed by atoms with Crippen LogP contribution >= 0.6 is 0 Å². The average molecular weight is 365 g/mol. The summed E-state index contributed by atoms with van der Waals surface area (Å²) >= 11 is 0. The smallest absolute Gasteiger partial charge is 0.407 e. The molecule has 0 saturated heterocycles. The van der Waals surface area contributed by atoms with E-state index in [1.165, 1.54) is 25.1 Å². The van der Waals surface area contributed by atoms with Gasteiger partial charge in [-0.1, -0.05) is 32.6 Å². The van der Waals surface area contributed by atoms with Gasteiger partial charge in [-0.25, -0.2) is 4.79 Å². The van der Waals surface area contributed by atoms with Crippen LogP contribution in [0.5, 0.6) is 5.75 Å². The van der Waals surface area contributed by atoms with Crippen molar-refractivity contribution in [3.05, 3.63) is 42.0 Å². The van der Waals surface area contributed by atoms with E-state index in [4.69, 9.17) is 4.74 Å². The molecule has 0 spiro atoms. The van der Waals surface area contributed by atoms with Gasteiger partial charge in [-0.3, -0.25) is 9.59 Å². The Bertz CT molecular complexity index is 615. The Hall–Kier alpha value is -2.63. The van der Waals surface area contributed by atoms with E-state index >= 15 is 0 Å². The van der Waals surface area contributed by atoms with Crippen LogP contribution in [-0.4, -0.2) is 34.9 Å². The monoisotopic (exact) mass is 365 g/mol. The number of hydrogen-bond acceptors (Lipinski definition) is 5. The number of ketones is 2. The summed E-state index contributed by atoms with van der Waals surface area (Å²) in [7, 11) is 0.